The van der Waals surface area contributed by atoms with Crippen molar-refractivity contribution >= 4 is 11.3 Å². The highest BCUT2D eigenvalue weighted by atomic mass is 32.1. The summed E-state index contributed by atoms with van der Waals surface area (Å²) in [6, 6.07) is 8.10. The summed E-state index contributed by atoms with van der Waals surface area (Å²) in [5, 5.41) is 8.07. The Morgan fingerprint density at radius 3 is 3.11 bits per heavy atom. The van der Waals surface area contributed by atoms with Gasteiger partial charge in [-0.1, -0.05) is 12.1 Å². The topological polar surface area (TPSA) is 38.0 Å². The number of thiazole rings is 1. The van der Waals surface area contributed by atoms with Gasteiger partial charge < -0.3 is 9.30 Å². The van der Waals surface area contributed by atoms with Crippen LogP contribution in [-0.4, -0.2) is 11.7 Å². The smallest absolute Gasteiger partial charge is 0.182 e. The second-order valence-electron chi connectivity index (χ2n) is 4.57. The Morgan fingerprint density at radius 1 is 1.39 bits per heavy atom. The zero-order chi connectivity index (χ0) is 12.5. The summed E-state index contributed by atoms with van der Waals surface area (Å²) in [4.78, 5) is 2.07. The van der Waals surface area contributed by atoms with Gasteiger partial charge in [0.2, 0.25) is 0 Å². The Morgan fingerprint density at radius 2 is 2.28 bits per heavy atom. The highest BCUT2D eigenvalue weighted by molar-refractivity contribution is 7.09. The van der Waals surface area contributed by atoms with E-state index in [2.05, 4.69) is 10.6 Å². The molecular weight excluding hydrogens is 244 g/mol. The number of ether oxygens (including phenoxy) is 1. The first-order chi connectivity index (χ1) is 8.78. The van der Waals surface area contributed by atoms with Crippen molar-refractivity contribution in [2.75, 3.05) is 7.11 Å². The molecule has 1 aliphatic carbocycles. The van der Waals surface area contributed by atoms with Crippen LogP contribution in [0.3, 0.4) is 0 Å². The molecule has 4 heteroatoms. The molecule has 1 aromatic heterocycles. The molecule has 0 spiro atoms. The normalized spacial score (nSPS) is 13.6. The van der Waals surface area contributed by atoms with Crippen LogP contribution in [0.1, 0.15) is 22.6 Å². The minimum absolute atomic E-state index is 0.669. The molecule has 3 nitrogen and oxygen atoms in total. The molecule has 0 amide bonds. The average Bonchev–Trinajstić information content (AvgIpc) is 2.93. The van der Waals surface area contributed by atoms with Gasteiger partial charge in [0.1, 0.15) is 5.75 Å². The number of hydrogen-bond donors (Lipinski definition) is 1. The number of benzene rings is 1. The van der Waals surface area contributed by atoms with E-state index < -0.39 is 0 Å². The van der Waals surface area contributed by atoms with Crippen LogP contribution in [0, 0.1) is 5.41 Å². The second kappa shape index (κ2) is 4.61. The second-order valence-corrected chi connectivity index (χ2v) is 5.65. The van der Waals surface area contributed by atoms with Crippen molar-refractivity contribution in [3.8, 4) is 5.75 Å². The first-order valence-electron chi connectivity index (χ1n) is 6.17. The predicted octanol–water partition coefficient (Wildman–Crippen LogP) is 2.57. The lowest BCUT2D eigenvalue weighted by molar-refractivity contribution is 0.414. The van der Waals surface area contributed by atoms with Crippen LogP contribution in [0.2, 0.25) is 0 Å². The van der Waals surface area contributed by atoms with Crippen molar-refractivity contribution < 1.29 is 4.74 Å². The van der Waals surface area contributed by atoms with E-state index >= 15 is 0 Å². The van der Waals surface area contributed by atoms with E-state index in [1.54, 1.807) is 18.4 Å². The van der Waals surface area contributed by atoms with Crippen LogP contribution in [0.4, 0.5) is 0 Å². The molecule has 1 heterocycles. The van der Waals surface area contributed by atoms with E-state index in [1.807, 2.05) is 18.2 Å². The van der Waals surface area contributed by atoms with Gasteiger partial charge in [-0.05, 0) is 37.0 Å². The third kappa shape index (κ3) is 1.97. The molecule has 0 atom stereocenters. The largest absolute Gasteiger partial charge is 0.497 e. The zero-order valence-electron chi connectivity index (χ0n) is 10.4. The fourth-order valence-corrected chi connectivity index (χ4v) is 3.61. The standard InChI is InChI=1S/C14H16N2OS/c1-17-11-5-2-4-10(8-11)9-16-12-6-3-7-13(12)18-14(16)15/h2,4-5,8,15H,3,6-7,9H2,1H3. The van der Waals surface area contributed by atoms with E-state index in [-0.39, 0.29) is 0 Å². The molecule has 0 aliphatic heterocycles. The average molecular weight is 260 g/mol. The minimum atomic E-state index is 0.669. The first-order valence-corrected chi connectivity index (χ1v) is 6.98. The Kier molecular flexibility index (Phi) is 2.96. The van der Waals surface area contributed by atoms with E-state index in [4.69, 9.17) is 10.1 Å². The maximum atomic E-state index is 8.07. The summed E-state index contributed by atoms with van der Waals surface area (Å²) in [7, 11) is 1.68. The first kappa shape index (κ1) is 11.5. The lowest BCUT2D eigenvalue weighted by Gasteiger charge is -2.08. The molecule has 0 bridgehead atoms. The number of aromatic nitrogens is 1. The van der Waals surface area contributed by atoms with Crippen LogP contribution in [0.25, 0.3) is 0 Å². The Hall–Kier alpha value is -1.55. The number of aryl methyl sites for hydroxylation is 1. The van der Waals surface area contributed by atoms with Crippen LogP contribution in [0.15, 0.2) is 24.3 Å². The highest BCUT2D eigenvalue weighted by Gasteiger charge is 2.18. The summed E-state index contributed by atoms with van der Waals surface area (Å²) in [6.45, 7) is 0.780. The monoisotopic (exact) mass is 260 g/mol. The van der Waals surface area contributed by atoms with Gasteiger partial charge in [-0.15, -0.1) is 11.3 Å². The number of nitrogens with zero attached hydrogens (tertiary/aromatic N) is 1. The fraction of sp³-hybridized carbons (Fsp3) is 0.357. The van der Waals surface area contributed by atoms with Crippen molar-refractivity contribution in [1.82, 2.24) is 4.57 Å². The molecule has 0 saturated heterocycles. The summed E-state index contributed by atoms with van der Waals surface area (Å²) in [5.41, 5.74) is 2.56. The molecular formula is C14H16N2OS. The third-order valence-electron chi connectivity index (χ3n) is 3.40. The minimum Gasteiger partial charge on any atom is -0.497 e. The van der Waals surface area contributed by atoms with Gasteiger partial charge >= 0.3 is 0 Å². The third-order valence-corrected chi connectivity index (χ3v) is 4.50. The molecule has 1 aromatic carbocycles. The molecule has 0 unspecified atom stereocenters. The van der Waals surface area contributed by atoms with Gasteiger partial charge in [-0.25, -0.2) is 0 Å². The predicted molar refractivity (Wildman–Crippen MR) is 72.3 cm³/mol. The summed E-state index contributed by atoms with van der Waals surface area (Å²) in [6.07, 6.45) is 3.51. The van der Waals surface area contributed by atoms with Crippen molar-refractivity contribution in [2.24, 2.45) is 0 Å². The van der Waals surface area contributed by atoms with Crippen LogP contribution in [-0.2, 0) is 19.4 Å². The number of nitrogens with one attached hydrogen (secondary N) is 1. The Bertz CT molecular complexity index is 627. The molecule has 1 N–H and O–H groups in total. The molecule has 94 valence electrons. The van der Waals surface area contributed by atoms with E-state index in [0.29, 0.717) is 4.80 Å². The molecule has 0 radical (unpaired) electrons. The number of fused-ring (bicyclic) bond motifs is 1. The van der Waals surface area contributed by atoms with Gasteiger partial charge in [0.15, 0.2) is 4.80 Å². The zero-order valence-corrected chi connectivity index (χ0v) is 11.2. The summed E-state index contributed by atoms with van der Waals surface area (Å²) >= 11 is 1.63. The van der Waals surface area contributed by atoms with Crippen molar-refractivity contribution in [3.63, 3.8) is 0 Å². The van der Waals surface area contributed by atoms with Gasteiger partial charge in [0.05, 0.1) is 13.7 Å². The lowest BCUT2D eigenvalue weighted by atomic mass is 10.2. The van der Waals surface area contributed by atoms with Gasteiger partial charge in [0.25, 0.3) is 0 Å². The van der Waals surface area contributed by atoms with Crippen LogP contribution < -0.4 is 9.54 Å². The van der Waals surface area contributed by atoms with Crippen LogP contribution in [0.5, 0.6) is 5.75 Å². The summed E-state index contributed by atoms with van der Waals surface area (Å²) in [5.74, 6) is 0.881. The number of rotatable bonds is 3. The van der Waals surface area contributed by atoms with Gasteiger partial charge in [0, 0.05) is 10.6 Å². The molecule has 0 saturated carbocycles. The number of hydrogen-bond acceptors (Lipinski definition) is 3. The van der Waals surface area contributed by atoms with Crippen molar-refractivity contribution in [3.05, 3.63) is 45.2 Å². The Balaban J connectivity index is 1.95. The van der Waals surface area contributed by atoms with Gasteiger partial charge in [-0.2, -0.15) is 0 Å². The molecule has 1 aliphatic rings. The van der Waals surface area contributed by atoms with Crippen molar-refractivity contribution in [1.29, 1.82) is 5.41 Å². The van der Waals surface area contributed by atoms with Crippen LogP contribution >= 0.6 is 11.3 Å². The maximum absolute atomic E-state index is 8.07. The van der Waals surface area contributed by atoms with E-state index in [9.17, 15) is 0 Å². The van der Waals surface area contributed by atoms with Gasteiger partial charge in [-0.3, -0.25) is 5.41 Å². The van der Waals surface area contributed by atoms with E-state index in [0.717, 1.165) is 25.1 Å². The molecule has 3 rings (SSSR count). The fourth-order valence-electron chi connectivity index (χ4n) is 2.51. The molecule has 0 fully saturated rings. The highest BCUT2D eigenvalue weighted by Crippen LogP contribution is 2.25. The Labute approximate surface area is 110 Å². The molecule has 2 aromatic rings. The number of methoxy groups -OCH3 is 1. The quantitative estimate of drug-likeness (QED) is 0.905. The van der Waals surface area contributed by atoms with Crippen molar-refractivity contribution in [2.45, 2.75) is 25.8 Å². The maximum Gasteiger partial charge on any atom is 0.182 e. The SMILES string of the molecule is COc1cccc(Cn2c3c(sc2=N)CCC3)c1. The summed E-state index contributed by atoms with van der Waals surface area (Å²) < 4.78 is 7.38. The molecule has 18 heavy (non-hydrogen) atoms. The van der Waals surface area contributed by atoms with E-state index in [1.165, 1.54) is 22.6 Å². The lowest BCUT2D eigenvalue weighted by Crippen LogP contribution is -2.16.